The quantitative estimate of drug-likeness (QED) is 0.592. The highest BCUT2D eigenvalue weighted by Gasteiger charge is 2.12. The van der Waals surface area contributed by atoms with Gasteiger partial charge in [0.1, 0.15) is 17.9 Å². The predicted molar refractivity (Wildman–Crippen MR) is 58.3 cm³/mol. The third kappa shape index (κ3) is 2.75. The zero-order valence-electron chi connectivity index (χ0n) is 9.11. The number of esters is 1. The number of ether oxygens (including phenoxy) is 2. The molecule has 0 heterocycles. The normalized spacial score (nSPS) is 8.94. The molecule has 0 bridgehead atoms. The molecule has 1 aromatic rings. The molecular weight excluding hydrogens is 208 g/mol. The van der Waals surface area contributed by atoms with Gasteiger partial charge in [-0.2, -0.15) is 0 Å². The smallest absolute Gasteiger partial charge is 0.341 e. The van der Waals surface area contributed by atoms with Crippen molar-refractivity contribution in [3.8, 4) is 17.6 Å². The zero-order valence-corrected chi connectivity index (χ0v) is 9.11. The Kier molecular flexibility index (Phi) is 4.37. The highest BCUT2D eigenvalue weighted by Crippen LogP contribution is 2.20. The van der Waals surface area contributed by atoms with Crippen LogP contribution in [0.2, 0.25) is 0 Å². The van der Waals surface area contributed by atoms with Gasteiger partial charge in [-0.25, -0.2) is 4.79 Å². The molecule has 0 atom stereocenters. The van der Waals surface area contributed by atoms with Crippen LogP contribution in [0.5, 0.6) is 5.75 Å². The highest BCUT2D eigenvalue weighted by atomic mass is 16.5. The van der Waals surface area contributed by atoms with E-state index in [2.05, 4.69) is 16.6 Å². The molecule has 0 aliphatic heterocycles. The lowest BCUT2D eigenvalue weighted by Gasteiger charge is -2.06. The minimum absolute atomic E-state index is 0.223. The van der Waals surface area contributed by atoms with Gasteiger partial charge in [-0.1, -0.05) is 11.8 Å². The Balaban J connectivity index is 3.16. The molecule has 1 aromatic carbocycles. The summed E-state index contributed by atoms with van der Waals surface area (Å²) in [5, 5.41) is 8.56. The molecule has 0 spiro atoms. The van der Waals surface area contributed by atoms with Crippen LogP contribution in [0.4, 0.5) is 0 Å². The average molecular weight is 220 g/mol. The molecule has 0 aliphatic carbocycles. The SMILES string of the molecule is COC(=O)c1cc(C#CCO)ccc1OC. The molecule has 0 saturated heterocycles. The summed E-state index contributed by atoms with van der Waals surface area (Å²) in [4.78, 5) is 11.4. The largest absolute Gasteiger partial charge is 0.496 e. The number of methoxy groups -OCH3 is 2. The van der Waals surface area contributed by atoms with Gasteiger partial charge in [0, 0.05) is 5.56 Å². The molecule has 0 radical (unpaired) electrons. The molecule has 0 aliphatic rings. The average Bonchev–Trinajstić information content (AvgIpc) is 2.35. The topological polar surface area (TPSA) is 55.8 Å². The zero-order chi connectivity index (χ0) is 12.0. The van der Waals surface area contributed by atoms with Crippen LogP contribution in [0.3, 0.4) is 0 Å². The van der Waals surface area contributed by atoms with Gasteiger partial charge in [-0.3, -0.25) is 0 Å². The van der Waals surface area contributed by atoms with Crippen molar-refractivity contribution in [2.75, 3.05) is 20.8 Å². The molecule has 0 amide bonds. The van der Waals surface area contributed by atoms with E-state index in [0.717, 1.165) is 0 Å². The van der Waals surface area contributed by atoms with Gasteiger partial charge in [-0.15, -0.1) is 0 Å². The first-order chi connectivity index (χ1) is 7.72. The molecule has 4 nitrogen and oxygen atoms in total. The van der Waals surface area contributed by atoms with Crippen LogP contribution in [-0.2, 0) is 4.74 Å². The van der Waals surface area contributed by atoms with E-state index in [-0.39, 0.29) is 6.61 Å². The molecule has 16 heavy (non-hydrogen) atoms. The van der Waals surface area contributed by atoms with Gasteiger partial charge >= 0.3 is 5.97 Å². The summed E-state index contributed by atoms with van der Waals surface area (Å²) in [7, 11) is 2.77. The number of aliphatic hydroxyl groups is 1. The van der Waals surface area contributed by atoms with E-state index in [1.807, 2.05) is 0 Å². The van der Waals surface area contributed by atoms with E-state index < -0.39 is 5.97 Å². The van der Waals surface area contributed by atoms with Crippen molar-refractivity contribution >= 4 is 5.97 Å². The summed E-state index contributed by atoms with van der Waals surface area (Å²) in [6.07, 6.45) is 0. The summed E-state index contributed by atoms with van der Waals surface area (Å²) in [6.45, 7) is -0.223. The number of carbonyl (C=O) groups is 1. The molecule has 4 heteroatoms. The van der Waals surface area contributed by atoms with Crippen molar-refractivity contribution in [1.29, 1.82) is 0 Å². The fourth-order valence-corrected chi connectivity index (χ4v) is 1.20. The summed E-state index contributed by atoms with van der Waals surface area (Å²) >= 11 is 0. The van der Waals surface area contributed by atoms with Gasteiger partial charge in [0.25, 0.3) is 0 Å². The van der Waals surface area contributed by atoms with Crippen molar-refractivity contribution in [1.82, 2.24) is 0 Å². The van der Waals surface area contributed by atoms with Crippen molar-refractivity contribution in [2.24, 2.45) is 0 Å². The van der Waals surface area contributed by atoms with Gasteiger partial charge < -0.3 is 14.6 Å². The maximum absolute atomic E-state index is 11.4. The number of rotatable bonds is 2. The van der Waals surface area contributed by atoms with Gasteiger partial charge in [0.2, 0.25) is 0 Å². The van der Waals surface area contributed by atoms with Crippen molar-refractivity contribution < 1.29 is 19.4 Å². The number of aliphatic hydroxyl groups excluding tert-OH is 1. The Labute approximate surface area is 93.8 Å². The molecule has 0 unspecified atom stereocenters. The monoisotopic (exact) mass is 220 g/mol. The Morgan fingerprint density at radius 3 is 2.75 bits per heavy atom. The molecular formula is C12H12O4. The molecule has 0 fully saturated rings. The van der Waals surface area contributed by atoms with Crippen LogP contribution in [0.1, 0.15) is 15.9 Å². The van der Waals surface area contributed by atoms with Gasteiger partial charge in [0.15, 0.2) is 0 Å². The lowest BCUT2D eigenvalue weighted by atomic mass is 10.1. The summed E-state index contributed by atoms with van der Waals surface area (Å²) in [6, 6.07) is 4.90. The van der Waals surface area contributed by atoms with Crippen molar-refractivity contribution in [3.63, 3.8) is 0 Å². The molecule has 1 N–H and O–H groups in total. The molecule has 0 saturated carbocycles. The second kappa shape index (κ2) is 5.79. The minimum Gasteiger partial charge on any atom is -0.496 e. The van der Waals surface area contributed by atoms with E-state index in [1.54, 1.807) is 18.2 Å². The van der Waals surface area contributed by atoms with Crippen molar-refractivity contribution in [3.05, 3.63) is 29.3 Å². The van der Waals surface area contributed by atoms with Gasteiger partial charge in [-0.05, 0) is 18.2 Å². The summed E-state index contributed by atoms with van der Waals surface area (Å²) in [5.74, 6) is 5.15. The van der Waals surface area contributed by atoms with Gasteiger partial charge in [0.05, 0.1) is 14.2 Å². The van der Waals surface area contributed by atoms with Crippen LogP contribution >= 0.6 is 0 Å². The van der Waals surface area contributed by atoms with E-state index >= 15 is 0 Å². The highest BCUT2D eigenvalue weighted by molar-refractivity contribution is 5.92. The third-order valence-corrected chi connectivity index (χ3v) is 1.92. The van der Waals surface area contributed by atoms with E-state index in [4.69, 9.17) is 9.84 Å². The standard InChI is InChI=1S/C12H12O4/c1-15-11-6-5-9(4-3-7-13)8-10(11)12(14)16-2/h5-6,8,13H,7H2,1-2H3. The molecule has 1 rings (SSSR count). The lowest BCUT2D eigenvalue weighted by molar-refractivity contribution is 0.0597. The second-order valence-corrected chi connectivity index (χ2v) is 2.87. The number of benzene rings is 1. The first kappa shape index (κ1) is 12.1. The van der Waals surface area contributed by atoms with Crippen molar-refractivity contribution in [2.45, 2.75) is 0 Å². The van der Waals surface area contributed by atoms with E-state index in [9.17, 15) is 4.79 Å². The molecule has 84 valence electrons. The minimum atomic E-state index is -0.482. The van der Waals surface area contributed by atoms with Crippen LogP contribution < -0.4 is 4.74 Å². The fraction of sp³-hybridized carbons (Fsp3) is 0.250. The second-order valence-electron chi connectivity index (χ2n) is 2.87. The predicted octanol–water partition coefficient (Wildman–Crippen LogP) is 0.826. The Morgan fingerprint density at radius 1 is 1.44 bits per heavy atom. The van der Waals surface area contributed by atoms with Crippen LogP contribution in [0.25, 0.3) is 0 Å². The Hall–Kier alpha value is -1.99. The molecule has 0 aromatic heterocycles. The van der Waals surface area contributed by atoms with E-state index in [0.29, 0.717) is 16.9 Å². The Morgan fingerprint density at radius 2 is 2.19 bits per heavy atom. The van der Waals surface area contributed by atoms with Crippen LogP contribution in [-0.4, -0.2) is 31.9 Å². The number of hydrogen-bond donors (Lipinski definition) is 1. The number of carbonyl (C=O) groups excluding carboxylic acids is 1. The maximum atomic E-state index is 11.4. The number of hydrogen-bond acceptors (Lipinski definition) is 4. The first-order valence-corrected chi connectivity index (χ1v) is 4.59. The van der Waals surface area contributed by atoms with E-state index in [1.165, 1.54) is 14.2 Å². The van der Waals surface area contributed by atoms with Crippen LogP contribution in [0, 0.1) is 11.8 Å². The Bertz CT molecular complexity index is 440. The third-order valence-electron chi connectivity index (χ3n) is 1.92. The van der Waals surface area contributed by atoms with Crippen LogP contribution in [0.15, 0.2) is 18.2 Å². The summed E-state index contributed by atoms with van der Waals surface area (Å²) < 4.78 is 9.65. The first-order valence-electron chi connectivity index (χ1n) is 4.59. The summed E-state index contributed by atoms with van der Waals surface area (Å²) in [5.41, 5.74) is 0.935. The lowest BCUT2D eigenvalue weighted by Crippen LogP contribution is -2.04. The fourth-order valence-electron chi connectivity index (χ4n) is 1.20. The maximum Gasteiger partial charge on any atom is 0.341 e.